The molecule has 1 saturated heterocycles. The number of pyridine rings is 1. The number of nitrogens with two attached hydrogens (primary N) is 1. The topological polar surface area (TPSA) is 90.7 Å². The number of nitrogens with zero attached hydrogens (tertiary/aromatic N) is 5. The molecule has 7 nitrogen and oxygen atoms in total. The molecule has 7 heteroatoms. The first-order valence-corrected chi connectivity index (χ1v) is 11.8. The van der Waals surface area contributed by atoms with Gasteiger partial charge in [0.25, 0.3) is 0 Å². The van der Waals surface area contributed by atoms with Gasteiger partial charge in [0.1, 0.15) is 5.65 Å². The van der Waals surface area contributed by atoms with Crippen LogP contribution in [0.5, 0.6) is 0 Å². The predicted octanol–water partition coefficient (Wildman–Crippen LogP) is 3.78. The van der Waals surface area contributed by atoms with E-state index >= 15 is 0 Å². The second-order valence-electron chi connectivity index (χ2n) is 9.12. The van der Waals surface area contributed by atoms with E-state index in [2.05, 4.69) is 39.6 Å². The molecule has 0 atom stereocenters. The van der Waals surface area contributed by atoms with Crippen LogP contribution >= 0.6 is 0 Å². The fraction of sp³-hybridized carbons (Fsp3) is 0.250. The molecule has 176 valence electrons. The number of nitriles is 1. The highest BCUT2D eigenvalue weighted by Crippen LogP contribution is 2.29. The SMILES string of the molecule is CN1CCCN(Cc2c(-c3ccc(C#N)cc3)nc3ccc(-c4ccc(C(N)=O)cc4)cn23)CC1. The third-order valence-electron chi connectivity index (χ3n) is 6.69. The summed E-state index contributed by atoms with van der Waals surface area (Å²) in [5.41, 5.74) is 12.5. The van der Waals surface area contributed by atoms with Gasteiger partial charge in [-0.25, -0.2) is 4.98 Å². The minimum absolute atomic E-state index is 0.431. The quantitative estimate of drug-likeness (QED) is 0.485. The molecule has 0 unspecified atom stereocenters. The Hall–Kier alpha value is -3.99. The minimum atomic E-state index is -0.431. The molecular formula is C28H28N6O. The maximum absolute atomic E-state index is 11.5. The zero-order valence-electron chi connectivity index (χ0n) is 19.8. The molecule has 0 aliphatic carbocycles. The van der Waals surface area contributed by atoms with Crippen LogP contribution in [0.25, 0.3) is 28.0 Å². The summed E-state index contributed by atoms with van der Waals surface area (Å²) < 4.78 is 2.18. The van der Waals surface area contributed by atoms with Crippen LogP contribution in [0.4, 0.5) is 0 Å². The van der Waals surface area contributed by atoms with Crippen molar-refractivity contribution in [2.75, 3.05) is 33.2 Å². The summed E-state index contributed by atoms with van der Waals surface area (Å²) in [6, 6.07) is 21.3. The molecule has 1 fully saturated rings. The fourth-order valence-electron chi connectivity index (χ4n) is 4.65. The maximum Gasteiger partial charge on any atom is 0.248 e. The van der Waals surface area contributed by atoms with E-state index in [9.17, 15) is 10.1 Å². The van der Waals surface area contributed by atoms with Gasteiger partial charge in [0.05, 0.1) is 23.0 Å². The fourth-order valence-corrected chi connectivity index (χ4v) is 4.65. The Morgan fingerprint density at radius 1 is 0.943 bits per heavy atom. The molecular weight excluding hydrogens is 436 g/mol. The Kier molecular flexibility index (Phi) is 6.32. The third-order valence-corrected chi connectivity index (χ3v) is 6.69. The van der Waals surface area contributed by atoms with Crippen LogP contribution in [0.15, 0.2) is 66.9 Å². The monoisotopic (exact) mass is 464 g/mol. The molecule has 2 aromatic heterocycles. The summed E-state index contributed by atoms with van der Waals surface area (Å²) in [4.78, 5) is 21.3. The second kappa shape index (κ2) is 9.71. The van der Waals surface area contributed by atoms with Crippen molar-refractivity contribution in [1.29, 1.82) is 5.26 Å². The molecule has 1 aliphatic rings. The first kappa shape index (κ1) is 22.8. The normalized spacial score (nSPS) is 15.1. The van der Waals surface area contributed by atoms with Crippen molar-refractivity contribution in [2.45, 2.75) is 13.0 Å². The number of amides is 1. The van der Waals surface area contributed by atoms with Gasteiger partial charge in [0, 0.05) is 37.0 Å². The lowest BCUT2D eigenvalue weighted by molar-refractivity contribution is 0.100. The lowest BCUT2D eigenvalue weighted by Crippen LogP contribution is -2.29. The van der Waals surface area contributed by atoms with E-state index in [-0.39, 0.29) is 0 Å². The van der Waals surface area contributed by atoms with Gasteiger partial charge in [-0.15, -0.1) is 0 Å². The highest BCUT2D eigenvalue weighted by Gasteiger charge is 2.20. The molecule has 0 bridgehead atoms. The summed E-state index contributed by atoms with van der Waals surface area (Å²) in [5.74, 6) is -0.431. The van der Waals surface area contributed by atoms with Crippen LogP contribution in [0.1, 0.15) is 28.0 Å². The van der Waals surface area contributed by atoms with Crippen LogP contribution in [0.2, 0.25) is 0 Å². The number of rotatable bonds is 5. The number of benzene rings is 2. The van der Waals surface area contributed by atoms with E-state index in [0.717, 1.165) is 72.9 Å². The van der Waals surface area contributed by atoms with E-state index in [1.807, 2.05) is 42.5 Å². The summed E-state index contributed by atoms with van der Waals surface area (Å²) >= 11 is 0. The first-order chi connectivity index (χ1) is 17.0. The number of imidazole rings is 1. The van der Waals surface area contributed by atoms with Crippen molar-refractivity contribution in [1.82, 2.24) is 19.2 Å². The number of fused-ring (bicyclic) bond motifs is 1. The second-order valence-corrected chi connectivity index (χ2v) is 9.12. The van der Waals surface area contributed by atoms with Gasteiger partial charge in [0.15, 0.2) is 0 Å². The molecule has 3 heterocycles. The van der Waals surface area contributed by atoms with Crippen molar-refractivity contribution < 1.29 is 4.79 Å². The average molecular weight is 465 g/mol. The highest BCUT2D eigenvalue weighted by molar-refractivity contribution is 5.93. The highest BCUT2D eigenvalue weighted by atomic mass is 16.1. The van der Waals surface area contributed by atoms with Crippen molar-refractivity contribution in [2.24, 2.45) is 5.73 Å². The first-order valence-electron chi connectivity index (χ1n) is 11.8. The van der Waals surface area contributed by atoms with Crippen molar-refractivity contribution in [3.63, 3.8) is 0 Å². The van der Waals surface area contributed by atoms with Gasteiger partial charge in [-0.3, -0.25) is 9.69 Å². The number of primary amides is 1. The van der Waals surface area contributed by atoms with E-state index < -0.39 is 5.91 Å². The number of carbonyl (C=O) groups excluding carboxylic acids is 1. The van der Waals surface area contributed by atoms with Crippen LogP contribution < -0.4 is 5.73 Å². The average Bonchev–Trinajstić information content (AvgIpc) is 3.10. The summed E-state index contributed by atoms with van der Waals surface area (Å²) in [7, 11) is 2.18. The molecule has 35 heavy (non-hydrogen) atoms. The number of carbonyl (C=O) groups is 1. The Bertz CT molecular complexity index is 1400. The molecule has 2 aromatic carbocycles. The van der Waals surface area contributed by atoms with Crippen LogP contribution in [-0.4, -0.2) is 58.3 Å². The molecule has 4 aromatic rings. The summed E-state index contributed by atoms with van der Waals surface area (Å²) in [6.45, 7) is 4.98. The zero-order chi connectivity index (χ0) is 24.4. The number of hydrogen-bond acceptors (Lipinski definition) is 5. The molecule has 0 spiro atoms. The lowest BCUT2D eigenvalue weighted by Gasteiger charge is -2.21. The molecule has 2 N–H and O–H groups in total. The Morgan fingerprint density at radius 2 is 1.66 bits per heavy atom. The summed E-state index contributed by atoms with van der Waals surface area (Å²) in [5, 5.41) is 9.21. The van der Waals surface area contributed by atoms with E-state index in [4.69, 9.17) is 10.7 Å². The van der Waals surface area contributed by atoms with Crippen LogP contribution in [-0.2, 0) is 6.54 Å². The largest absolute Gasteiger partial charge is 0.366 e. The zero-order valence-corrected chi connectivity index (χ0v) is 19.8. The number of likely N-dealkylation sites (N-methyl/N-ethyl adjacent to an activating group) is 1. The van der Waals surface area contributed by atoms with Gasteiger partial charge in [-0.05, 0) is 74.1 Å². The van der Waals surface area contributed by atoms with Gasteiger partial charge in [-0.1, -0.05) is 24.3 Å². The standard InChI is InChI=1S/C28H28N6O/c1-32-13-2-14-33(16-15-32)19-25-27(22-5-3-20(17-29)4-6-22)31-26-12-11-24(18-34(25)26)21-7-9-23(10-8-21)28(30)35/h3-12,18H,2,13-16,19H2,1H3,(H2,30,35). The molecule has 5 rings (SSSR count). The van der Waals surface area contributed by atoms with Crippen molar-refractivity contribution in [3.05, 3.63) is 83.7 Å². The van der Waals surface area contributed by atoms with Crippen LogP contribution in [0, 0.1) is 11.3 Å². The molecule has 0 saturated carbocycles. The summed E-state index contributed by atoms with van der Waals surface area (Å²) in [6.07, 6.45) is 3.25. The third kappa shape index (κ3) is 4.80. The minimum Gasteiger partial charge on any atom is -0.366 e. The Labute approximate surface area is 205 Å². The van der Waals surface area contributed by atoms with E-state index in [1.165, 1.54) is 0 Å². The van der Waals surface area contributed by atoms with Gasteiger partial charge < -0.3 is 15.0 Å². The van der Waals surface area contributed by atoms with Crippen molar-refractivity contribution >= 4 is 11.6 Å². The molecule has 1 aliphatic heterocycles. The Balaban J connectivity index is 1.58. The van der Waals surface area contributed by atoms with Gasteiger partial charge in [-0.2, -0.15) is 5.26 Å². The number of aromatic nitrogens is 2. The number of hydrogen-bond donors (Lipinski definition) is 1. The maximum atomic E-state index is 11.5. The Morgan fingerprint density at radius 3 is 2.37 bits per heavy atom. The van der Waals surface area contributed by atoms with Gasteiger partial charge >= 0.3 is 0 Å². The van der Waals surface area contributed by atoms with E-state index in [0.29, 0.717) is 11.1 Å². The molecule has 0 radical (unpaired) electrons. The molecule has 1 amide bonds. The lowest BCUT2D eigenvalue weighted by atomic mass is 10.1. The van der Waals surface area contributed by atoms with E-state index in [1.54, 1.807) is 12.1 Å². The smallest absolute Gasteiger partial charge is 0.248 e. The van der Waals surface area contributed by atoms with Crippen molar-refractivity contribution in [3.8, 4) is 28.5 Å². The van der Waals surface area contributed by atoms with Gasteiger partial charge in [0.2, 0.25) is 5.91 Å². The predicted molar refractivity (Wildman–Crippen MR) is 137 cm³/mol. The van der Waals surface area contributed by atoms with Crippen LogP contribution in [0.3, 0.4) is 0 Å².